The molecular weight excluding hydrogens is 368 g/mol. The summed E-state index contributed by atoms with van der Waals surface area (Å²) in [6, 6.07) is 16.9. The zero-order chi connectivity index (χ0) is 20.4. The zero-order valence-electron chi connectivity index (χ0n) is 16.4. The predicted molar refractivity (Wildman–Crippen MR) is 113 cm³/mol. The fourth-order valence-electron chi connectivity index (χ4n) is 3.74. The van der Waals surface area contributed by atoms with Crippen molar-refractivity contribution in [2.24, 2.45) is 0 Å². The highest BCUT2D eigenvalue weighted by atomic mass is 16.5. The summed E-state index contributed by atoms with van der Waals surface area (Å²) in [5.74, 6) is 1.04. The highest BCUT2D eigenvalue weighted by Gasteiger charge is 2.29. The van der Waals surface area contributed by atoms with Gasteiger partial charge in [-0.25, -0.2) is 0 Å². The van der Waals surface area contributed by atoms with Gasteiger partial charge in [0.15, 0.2) is 11.5 Å². The van der Waals surface area contributed by atoms with Crippen molar-refractivity contribution >= 4 is 34.0 Å². The van der Waals surface area contributed by atoms with E-state index in [0.717, 1.165) is 22.0 Å². The molecule has 6 heteroatoms. The molecule has 29 heavy (non-hydrogen) atoms. The molecule has 1 N–H and O–H groups in total. The van der Waals surface area contributed by atoms with Crippen LogP contribution in [0.25, 0.3) is 10.8 Å². The van der Waals surface area contributed by atoms with E-state index in [2.05, 4.69) is 5.32 Å². The Kier molecular flexibility index (Phi) is 5.08. The lowest BCUT2D eigenvalue weighted by molar-refractivity contribution is -0.116. The Bertz CT molecular complexity index is 1090. The fraction of sp³-hybridized carbons (Fsp3) is 0.217. The highest BCUT2D eigenvalue weighted by Crippen LogP contribution is 2.37. The smallest absolute Gasteiger partial charge is 0.258 e. The van der Waals surface area contributed by atoms with E-state index in [1.807, 2.05) is 36.4 Å². The number of carbonyl (C=O) groups is 2. The summed E-state index contributed by atoms with van der Waals surface area (Å²) in [6.07, 6.45) is 0.875. The first-order valence-electron chi connectivity index (χ1n) is 9.48. The summed E-state index contributed by atoms with van der Waals surface area (Å²) in [6.45, 7) is 0.492. The lowest BCUT2D eigenvalue weighted by atomic mass is 10.1. The average Bonchev–Trinajstić information content (AvgIpc) is 3.01. The van der Waals surface area contributed by atoms with Crippen LogP contribution < -0.4 is 19.7 Å². The van der Waals surface area contributed by atoms with Gasteiger partial charge in [-0.3, -0.25) is 9.59 Å². The minimum absolute atomic E-state index is 0.00269. The van der Waals surface area contributed by atoms with Gasteiger partial charge < -0.3 is 19.7 Å². The van der Waals surface area contributed by atoms with Crippen LogP contribution in [-0.4, -0.2) is 32.6 Å². The quantitative estimate of drug-likeness (QED) is 0.655. The van der Waals surface area contributed by atoms with Gasteiger partial charge in [0.1, 0.15) is 0 Å². The number of methoxy groups -OCH3 is 2. The number of benzene rings is 3. The molecule has 0 saturated carbocycles. The summed E-state index contributed by atoms with van der Waals surface area (Å²) in [7, 11) is 3.11. The third-order valence-corrected chi connectivity index (χ3v) is 5.10. The molecule has 0 spiro atoms. The maximum absolute atomic E-state index is 12.8. The van der Waals surface area contributed by atoms with E-state index in [4.69, 9.17) is 9.47 Å². The van der Waals surface area contributed by atoms with Crippen molar-refractivity contribution in [1.82, 2.24) is 0 Å². The zero-order valence-corrected chi connectivity index (χ0v) is 16.4. The van der Waals surface area contributed by atoms with Crippen LogP contribution in [0.5, 0.6) is 11.5 Å². The normalized spacial score (nSPS) is 12.3. The summed E-state index contributed by atoms with van der Waals surface area (Å²) >= 11 is 0. The topological polar surface area (TPSA) is 67.9 Å². The maximum Gasteiger partial charge on any atom is 0.258 e. The Morgan fingerprint density at radius 1 is 1.00 bits per heavy atom. The number of nitrogens with one attached hydrogen (secondary N) is 1. The summed E-state index contributed by atoms with van der Waals surface area (Å²) in [5, 5.41) is 4.92. The molecule has 4 rings (SSSR count). The first-order chi connectivity index (χ1) is 14.1. The average molecular weight is 390 g/mol. The van der Waals surface area contributed by atoms with Crippen molar-refractivity contribution in [1.29, 1.82) is 0 Å². The molecule has 1 aliphatic rings. The van der Waals surface area contributed by atoms with Gasteiger partial charge in [0.25, 0.3) is 5.91 Å². The van der Waals surface area contributed by atoms with Gasteiger partial charge >= 0.3 is 0 Å². The first kappa shape index (κ1) is 18.8. The molecule has 3 aromatic carbocycles. The van der Waals surface area contributed by atoms with Crippen LogP contribution in [0.2, 0.25) is 0 Å². The Morgan fingerprint density at radius 2 is 1.76 bits per heavy atom. The second-order valence-corrected chi connectivity index (χ2v) is 6.86. The summed E-state index contributed by atoms with van der Waals surface area (Å²) in [4.78, 5) is 26.9. The van der Waals surface area contributed by atoms with Crippen LogP contribution >= 0.6 is 0 Å². The van der Waals surface area contributed by atoms with Crippen LogP contribution in [0.3, 0.4) is 0 Å². The number of hydrogen-bond donors (Lipinski definition) is 1. The van der Waals surface area contributed by atoms with Gasteiger partial charge in [0.05, 0.1) is 19.9 Å². The molecule has 0 fully saturated rings. The van der Waals surface area contributed by atoms with E-state index in [1.54, 1.807) is 37.3 Å². The van der Waals surface area contributed by atoms with E-state index in [1.165, 1.54) is 0 Å². The molecule has 2 amide bonds. The molecule has 0 aromatic heterocycles. The van der Waals surface area contributed by atoms with E-state index in [0.29, 0.717) is 36.6 Å². The molecule has 0 saturated heterocycles. The van der Waals surface area contributed by atoms with Crippen LogP contribution in [-0.2, 0) is 4.79 Å². The van der Waals surface area contributed by atoms with E-state index in [9.17, 15) is 9.59 Å². The molecule has 1 aliphatic heterocycles. The molecule has 0 bridgehead atoms. The van der Waals surface area contributed by atoms with Gasteiger partial charge in [-0.2, -0.15) is 0 Å². The van der Waals surface area contributed by atoms with E-state index in [-0.39, 0.29) is 11.8 Å². The molecule has 1 heterocycles. The standard InChI is InChI=1S/C23H22N2O4/c1-28-19-12-11-16(14-20(19)29-2)24-21(26)10-5-13-25-18-9-4-7-15-6-3-8-17(22(15)18)23(25)27/h3-4,6-9,11-12,14H,5,10,13H2,1-2H3,(H,24,26). The molecule has 148 valence electrons. The molecule has 3 aromatic rings. The van der Waals surface area contributed by atoms with Gasteiger partial charge in [-0.15, -0.1) is 0 Å². The Labute approximate surface area is 169 Å². The van der Waals surface area contributed by atoms with Crippen molar-refractivity contribution in [3.8, 4) is 11.5 Å². The number of anilines is 2. The number of ether oxygens (including phenoxy) is 2. The predicted octanol–water partition coefficient (Wildman–Crippen LogP) is 4.24. The van der Waals surface area contributed by atoms with Gasteiger partial charge in [-0.05, 0) is 36.1 Å². The second kappa shape index (κ2) is 7.83. The van der Waals surface area contributed by atoms with Crippen molar-refractivity contribution in [2.45, 2.75) is 12.8 Å². The molecule has 0 aliphatic carbocycles. The molecule has 0 radical (unpaired) electrons. The van der Waals surface area contributed by atoms with Gasteiger partial charge in [0, 0.05) is 35.7 Å². The maximum atomic E-state index is 12.8. The Morgan fingerprint density at radius 3 is 2.52 bits per heavy atom. The van der Waals surface area contributed by atoms with Crippen LogP contribution in [0.1, 0.15) is 23.2 Å². The number of rotatable bonds is 7. The lowest BCUT2D eigenvalue weighted by Gasteiger charge is -2.17. The van der Waals surface area contributed by atoms with Crippen molar-refractivity contribution in [3.05, 3.63) is 60.2 Å². The van der Waals surface area contributed by atoms with Crippen molar-refractivity contribution in [2.75, 3.05) is 31.0 Å². The van der Waals surface area contributed by atoms with Crippen LogP contribution in [0.4, 0.5) is 11.4 Å². The van der Waals surface area contributed by atoms with Crippen molar-refractivity contribution in [3.63, 3.8) is 0 Å². The van der Waals surface area contributed by atoms with Crippen LogP contribution in [0.15, 0.2) is 54.6 Å². The number of hydrogen-bond acceptors (Lipinski definition) is 4. The largest absolute Gasteiger partial charge is 0.493 e. The second-order valence-electron chi connectivity index (χ2n) is 6.86. The molecule has 0 unspecified atom stereocenters. The van der Waals surface area contributed by atoms with Crippen molar-refractivity contribution < 1.29 is 19.1 Å². The number of nitrogens with zero attached hydrogens (tertiary/aromatic N) is 1. The first-order valence-corrected chi connectivity index (χ1v) is 9.48. The van der Waals surface area contributed by atoms with Gasteiger partial charge in [-0.1, -0.05) is 24.3 Å². The highest BCUT2D eigenvalue weighted by molar-refractivity contribution is 6.25. The Balaban J connectivity index is 1.38. The molecule has 6 nitrogen and oxygen atoms in total. The van der Waals surface area contributed by atoms with E-state index >= 15 is 0 Å². The summed E-state index contributed by atoms with van der Waals surface area (Å²) in [5.41, 5.74) is 2.29. The SMILES string of the molecule is COc1ccc(NC(=O)CCCN2C(=O)c3cccc4cccc2c34)cc1OC. The minimum Gasteiger partial charge on any atom is -0.493 e. The summed E-state index contributed by atoms with van der Waals surface area (Å²) < 4.78 is 10.5. The molecule has 0 atom stereocenters. The third-order valence-electron chi connectivity index (χ3n) is 5.10. The number of carbonyl (C=O) groups excluding carboxylic acids is 2. The Hall–Kier alpha value is -3.54. The molecular formula is C23H22N2O4. The monoisotopic (exact) mass is 390 g/mol. The lowest BCUT2D eigenvalue weighted by Crippen LogP contribution is -2.28. The van der Waals surface area contributed by atoms with Crippen LogP contribution in [0, 0.1) is 0 Å². The van der Waals surface area contributed by atoms with E-state index < -0.39 is 0 Å². The van der Waals surface area contributed by atoms with Gasteiger partial charge in [0.2, 0.25) is 5.91 Å². The minimum atomic E-state index is -0.111. The third kappa shape index (κ3) is 3.49. The number of amides is 2. The fourth-order valence-corrected chi connectivity index (χ4v) is 3.74.